The number of anilines is 1. The molecule has 0 unspecified atom stereocenters. The first-order valence-electron chi connectivity index (χ1n) is 7.73. The van der Waals surface area contributed by atoms with Crippen LogP contribution < -0.4 is 20.1 Å². The summed E-state index contributed by atoms with van der Waals surface area (Å²) in [5.41, 5.74) is 1.43. The van der Waals surface area contributed by atoms with Crippen LogP contribution >= 0.6 is 23.2 Å². The number of ether oxygens (including phenoxy) is 2. The van der Waals surface area contributed by atoms with Gasteiger partial charge in [-0.2, -0.15) is 0 Å². The van der Waals surface area contributed by atoms with E-state index in [9.17, 15) is 4.79 Å². The van der Waals surface area contributed by atoms with Gasteiger partial charge in [0.1, 0.15) is 11.5 Å². The normalized spacial score (nSPS) is 11.6. The summed E-state index contributed by atoms with van der Waals surface area (Å²) < 4.78 is 10.4. The van der Waals surface area contributed by atoms with Crippen molar-refractivity contribution in [3.05, 3.63) is 52.0 Å². The molecule has 1 atom stereocenters. The third-order valence-electron chi connectivity index (χ3n) is 3.71. The van der Waals surface area contributed by atoms with Crippen molar-refractivity contribution < 1.29 is 14.3 Å². The fraction of sp³-hybridized carbons (Fsp3) is 0.278. The van der Waals surface area contributed by atoms with Gasteiger partial charge in [-0.1, -0.05) is 42.3 Å². The number of carbonyl (C=O) groups is 1. The fourth-order valence-electron chi connectivity index (χ4n) is 2.39. The summed E-state index contributed by atoms with van der Waals surface area (Å²) in [6, 6.07) is 10.1. The van der Waals surface area contributed by atoms with Crippen molar-refractivity contribution in [1.82, 2.24) is 5.32 Å². The molecule has 0 saturated heterocycles. The van der Waals surface area contributed by atoms with Gasteiger partial charge in [-0.25, -0.2) is 4.79 Å². The second kappa shape index (κ2) is 8.83. The molecule has 0 spiro atoms. The highest BCUT2D eigenvalue weighted by Crippen LogP contribution is 2.35. The highest BCUT2D eigenvalue weighted by molar-refractivity contribution is 6.32. The number of halogens is 2. The van der Waals surface area contributed by atoms with E-state index < -0.39 is 0 Å². The minimum Gasteiger partial charge on any atom is -0.495 e. The maximum atomic E-state index is 12.4. The monoisotopic (exact) mass is 382 g/mol. The molecule has 2 aromatic rings. The summed E-state index contributed by atoms with van der Waals surface area (Å²) >= 11 is 12.0. The van der Waals surface area contributed by atoms with Crippen LogP contribution in [0.4, 0.5) is 10.5 Å². The number of carbonyl (C=O) groups excluding carboxylic acids is 1. The van der Waals surface area contributed by atoms with E-state index in [4.69, 9.17) is 32.7 Å². The highest BCUT2D eigenvalue weighted by Gasteiger charge is 2.16. The van der Waals surface area contributed by atoms with Gasteiger partial charge in [-0.15, -0.1) is 0 Å². The van der Waals surface area contributed by atoms with Crippen LogP contribution in [0.2, 0.25) is 10.0 Å². The molecule has 2 aromatic carbocycles. The van der Waals surface area contributed by atoms with E-state index in [1.54, 1.807) is 24.3 Å². The molecule has 0 aliphatic heterocycles. The predicted octanol–water partition coefficient (Wildman–Crippen LogP) is 5.28. The topological polar surface area (TPSA) is 59.6 Å². The van der Waals surface area contributed by atoms with Crippen LogP contribution in [0.25, 0.3) is 0 Å². The summed E-state index contributed by atoms with van der Waals surface area (Å²) in [5.74, 6) is 0.924. The molecule has 134 valence electrons. The van der Waals surface area contributed by atoms with E-state index in [2.05, 4.69) is 10.6 Å². The molecule has 0 radical (unpaired) electrons. The molecule has 0 saturated carbocycles. The van der Waals surface area contributed by atoms with Crippen LogP contribution in [-0.2, 0) is 0 Å². The van der Waals surface area contributed by atoms with Gasteiger partial charge in [-0.05, 0) is 30.2 Å². The van der Waals surface area contributed by atoms with Crippen molar-refractivity contribution >= 4 is 34.9 Å². The maximum Gasteiger partial charge on any atom is 0.319 e. The first-order chi connectivity index (χ1) is 12.0. The quantitative estimate of drug-likeness (QED) is 0.713. The SMILES string of the molecule is CC[C@@H](NC(=O)Nc1cc(Cl)c(OC)cc1OC)c1ccc(Cl)cc1. The predicted molar refractivity (Wildman–Crippen MR) is 101 cm³/mol. The molecule has 0 fully saturated rings. The first-order valence-corrected chi connectivity index (χ1v) is 8.48. The van der Waals surface area contributed by atoms with Gasteiger partial charge in [0.2, 0.25) is 0 Å². The van der Waals surface area contributed by atoms with Crippen LogP contribution in [0.3, 0.4) is 0 Å². The molecule has 0 bridgehead atoms. The van der Waals surface area contributed by atoms with Gasteiger partial charge < -0.3 is 20.1 Å². The van der Waals surface area contributed by atoms with Crippen LogP contribution in [0.5, 0.6) is 11.5 Å². The second-order valence-corrected chi connectivity index (χ2v) is 6.14. The van der Waals surface area contributed by atoms with E-state index in [-0.39, 0.29) is 12.1 Å². The van der Waals surface area contributed by atoms with Crippen LogP contribution in [0.15, 0.2) is 36.4 Å². The lowest BCUT2D eigenvalue weighted by Gasteiger charge is -2.19. The molecule has 0 aromatic heterocycles. The van der Waals surface area contributed by atoms with E-state index >= 15 is 0 Å². The van der Waals surface area contributed by atoms with Gasteiger partial charge in [0.15, 0.2) is 0 Å². The minimum absolute atomic E-state index is 0.142. The van der Waals surface area contributed by atoms with E-state index in [1.165, 1.54) is 14.2 Å². The van der Waals surface area contributed by atoms with E-state index in [0.29, 0.717) is 27.2 Å². The van der Waals surface area contributed by atoms with Gasteiger partial charge in [0.05, 0.1) is 31.0 Å². The van der Waals surface area contributed by atoms with Crippen molar-refractivity contribution in [3.63, 3.8) is 0 Å². The molecule has 0 heterocycles. The van der Waals surface area contributed by atoms with Crippen LogP contribution in [0.1, 0.15) is 24.9 Å². The Balaban J connectivity index is 2.13. The summed E-state index contributed by atoms with van der Waals surface area (Å²) in [7, 11) is 3.02. The third-order valence-corrected chi connectivity index (χ3v) is 4.26. The Morgan fingerprint density at radius 1 is 1.08 bits per heavy atom. The molecular formula is C18H20Cl2N2O3. The van der Waals surface area contributed by atoms with Gasteiger partial charge in [0, 0.05) is 11.1 Å². The van der Waals surface area contributed by atoms with Gasteiger partial charge in [-0.3, -0.25) is 0 Å². The molecule has 2 N–H and O–H groups in total. The van der Waals surface area contributed by atoms with Gasteiger partial charge >= 0.3 is 6.03 Å². The lowest BCUT2D eigenvalue weighted by Crippen LogP contribution is -2.32. The number of hydrogen-bond acceptors (Lipinski definition) is 3. The standard InChI is InChI=1S/C18H20Cl2N2O3/c1-4-14(11-5-7-12(19)8-6-11)21-18(23)22-15-9-13(20)16(24-2)10-17(15)25-3/h5-10,14H,4H2,1-3H3,(H2,21,22,23)/t14-/m1/s1. The summed E-state index contributed by atoms with van der Waals surface area (Å²) in [6.45, 7) is 1.99. The number of urea groups is 1. The number of hydrogen-bond donors (Lipinski definition) is 2. The zero-order valence-corrected chi connectivity index (χ0v) is 15.7. The Hall–Kier alpha value is -2.11. The first kappa shape index (κ1) is 19.2. The maximum absolute atomic E-state index is 12.4. The number of amides is 2. The molecule has 7 heteroatoms. The molecule has 5 nitrogen and oxygen atoms in total. The Bertz CT molecular complexity index is 736. The van der Waals surface area contributed by atoms with Crippen molar-refractivity contribution in [2.24, 2.45) is 0 Å². The average Bonchev–Trinajstić information content (AvgIpc) is 2.60. The Morgan fingerprint density at radius 3 is 2.28 bits per heavy atom. The number of benzene rings is 2. The van der Waals surface area contributed by atoms with E-state index in [1.807, 2.05) is 19.1 Å². The van der Waals surface area contributed by atoms with Crippen LogP contribution in [-0.4, -0.2) is 20.3 Å². The highest BCUT2D eigenvalue weighted by atomic mass is 35.5. The molecule has 2 amide bonds. The summed E-state index contributed by atoms with van der Waals surface area (Å²) in [5, 5.41) is 6.72. The molecule has 0 aliphatic rings. The molecule has 25 heavy (non-hydrogen) atoms. The lowest BCUT2D eigenvalue weighted by atomic mass is 10.1. The Labute approximate surface area is 157 Å². The number of methoxy groups -OCH3 is 2. The Morgan fingerprint density at radius 2 is 1.72 bits per heavy atom. The van der Waals surface area contributed by atoms with Crippen molar-refractivity contribution in [3.8, 4) is 11.5 Å². The molecular weight excluding hydrogens is 363 g/mol. The zero-order valence-electron chi connectivity index (χ0n) is 14.2. The number of nitrogens with one attached hydrogen (secondary N) is 2. The zero-order chi connectivity index (χ0) is 18.4. The minimum atomic E-state index is -0.360. The second-order valence-electron chi connectivity index (χ2n) is 5.30. The lowest BCUT2D eigenvalue weighted by molar-refractivity contribution is 0.248. The third kappa shape index (κ3) is 4.94. The van der Waals surface area contributed by atoms with Crippen molar-refractivity contribution in [1.29, 1.82) is 0 Å². The van der Waals surface area contributed by atoms with Crippen molar-refractivity contribution in [2.45, 2.75) is 19.4 Å². The van der Waals surface area contributed by atoms with Crippen molar-refractivity contribution in [2.75, 3.05) is 19.5 Å². The summed E-state index contributed by atoms with van der Waals surface area (Å²) in [4.78, 5) is 12.4. The number of rotatable bonds is 6. The van der Waals surface area contributed by atoms with Crippen LogP contribution in [0, 0.1) is 0 Å². The van der Waals surface area contributed by atoms with E-state index in [0.717, 1.165) is 12.0 Å². The Kier molecular flexibility index (Phi) is 6.79. The smallest absolute Gasteiger partial charge is 0.319 e. The van der Waals surface area contributed by atoms with Gasteiger partial charge in [0.25, 0.3) is 0 Å². The fourth-order valence-corrected chi connectivity index (χ4v) is 2.76. The summed E-state index contributed by atoms with van der Waals surface area (Å²) in [6.07, 6.45) is 0.732. The molecule has 2 rings (SSSR count). The molecule has 0 aliphatic carbocycles. The largest absolute Gasteiger partial charge is 0.495 e. The average molecular weight is 383 g/mol.